The Morgan fingerprint density at radius 1 is 1.07 bits per heavy atom. The lowest BCUT2D eigenvalue weighted by Gasteiger charge is -2.27. The van der Waals surface area contributed by atoms with Gasteiger partial charge in [0, 0.05) is 25.5 Å². The Kier molecular flexibility index (Phi) is 8.27. The number of nitrogens with zero attached hydrogens (tertiary/aromatic N) is 4. The molecule has 2 fully saturated rings. The summed E-state index contributed by atoms with van der Waals surface area (Å²) in [6, 6.07) is 6.57. The molecular weight excluding hydrogens is 534 g/mol. The van der Waals surface area contributed by atoms with Gasteiger partial charge < -0.3 is 15.0 Å². The zero-order valence-corrected chi connectivity index (χ0v) is 23.2. The summed E-state index contributed by atoms with van der Waals surface area (Å²) in [6.07, 6.45) is 9.60. The SMILES string of the molecule is CS(=O)(=O)c1ccc2c(=O)n(C(CC3CCCCC3)C(=O)Nc3ccc(C(=O)N4CCOCC4)cn3)cnc2c1. The standard InChI is InChI=1S/C28H33N5O6S/c1-40(37,38)21-8-9-22-23(16-21)30-18-33(28(22)36)24(15-19-5-3-2-4-6-19)26(34)31-25-10-7-20(17-29-25)27(35)32-11-13-39-14-12-32/h7-10,16-19,24H,2-6,11-15H2,1H3,(H,29,31,34). The third-order valence-electron chi connectivity index (χ3n) is 7.66. The predicted octanol–water partition coefficient (Wildman–Crippen LogP) is 2.82. The number of sulfone groups is 1. The Balaban J connectivity index is 1.40. The molecule has 1 aliphatic carbocycles. The summed E-state index contributed by atoms with van der Waals surface area (Å²) in [6.45, 7) is 2.03. The number of amides is 2. The summed E-state index contributed by atoms with van der Waals surface area (Å²) in [5.74, 6) is 0.0101. The van der Waals surface area contributed by atoms with Gasteiger partial charge in [-0.3, -0.25) is 19.0 Å². The maximum Gasteiger partial charge on any atom is 0.261 e. The van der Waals surface area contributed by atoms with Crippen LogP contribution in [0.4, 0.5) is 5.82 Å². The molecule has 1 aliphatic heterocycles. The third kappa shape index (κ3) is 6.23. The quantitative estimate of drug-likeness (QED) is 0.460. The van der Waals surface area contributed by atoms with Crippen molar-refractivity contribution in [2.45, 2.75) is 49.5 Å². The van der Waals surface area contributed by atoms with Crippen molar-refractivity contribution in [2.24, 2.45) is 5.92 Å². The highest BCUT2D eigenvalue weighted by atomic mass is 32.2. The molecule has 1 unspecified atom stereocenters. The molecule has 2 aromatic heterocycles. The number of ether oxygens (including phenoxy) is 1. The van der Waals surface area contributed by atoms with Gasteiger partial charge in [0.15, 0.2) is 9.84 Å². The lowest BCUT2D eigenvalue weighted by atomic mass is 9.84. The molecule has 1 saturated carbocycles. The minimum atomic E-state index is -3.47. The molecule has 5 rings (SSSR count). The first-order chi connectivity index (χ1) is 19.2. The van der Waals surface area contributed by atoms with Crippen LogP contribution in [0.25, 0.3) is 10.9 Å². The summed E-state index contributed by atoms with van der Waals surface area (Å²) in [4.78, 5) is 50.3. The molecule has 12 heteroatoms. The number of anilines is 1. The number of hydrogen-bond donors (Lipinski definition) is 1. The molecule has 3 aromatic rings. The van der Waals surface area contributed by atoms with Gasteiger partial charge in [-0.15, -0.1) is 0 Å². The fourth-order valence-electron chi connectivity index (χ4n) is 5.41. The highest BCUT2D eigenvalue weighted by molar-refractivity contribution is 7.90. The lowest BCUT2D eigenvalue weighted by Crippen LogP contribution is -2.40. The first kappa shape index (κ1) is 27.9. The van der Waals surface area contributed by atoms with Crippen LogP contribution in [0.2, 0.25) is 0 Å². The van der Waals surface area contributed by atoms with Crippen LogP contribution in [0.3, 0.4) is 0 Å². The summed E-state index contributed by atoms with van der Waals surface area (Å²) in [5, 5.41) is 3.05. The number of hydrogen-bond acceptors (Lipinski definition) is 8. The zero-order valence-electron chi connectivity index (χ0n) is 22.4. The molecule has 11 nitrogen and oxygen atoms in total. The predicted molar refractivity (Wildman–Crippen MR) is 149 cm³/mol. The minimum Gasteiger partial charge on any atom is -0.378 e. The van der Waals surface area contributed by atoms with Gasteiger partial charge in [0.25, 0.3) is 11.5 Å². The number of morpholine rings is 1. The number of rotatable bonds is 7. The number of carbonyl (C=O) groups is 2. The molecule has 0 bridgehead atoms. The van der Waals surface area contributed by atoms with Crippen molar-refractivity contribution in [3.63, 3.8) is 0 Å². The van der Waals surface area contributed by atoms with Crippen molar-refractivity contribution in [3.8, 4) is 0 Å². The molecule has 212 valence electrons. The number of nitrogens with one attached hydrogen (secondary N) is 1. The van der Waals surface area contributed by atoms with E-state index < -0.39 is 27.3 Å². The molecule has 2 aliphatic rings. The van der Waals surface area contributed by atoms with Gasteiger partial charge in [0.2, 0.25) is 5.91 Å². The summed E-state index contributed by atoms with van der Waals surface area (Å²) in [5.41, 5.74) is 0.255. The molecule has 1 N–H and O–H groups in total. The number of fused-ring (bicyclic) bond motifs is 1. The normalized spacial score (nSPS) is 17.5. The number of aromatic nitrogens is 3. The fourth-order valence-corrected chi connectivity index (χ4v) is 6.05. The maximum absolute atomic E-state index is 13.6. The monoisotopic (exact) mass is 567 g/mol. The molecule has 1 atom stereocenters. The topological polar surface area (TPSA) is 141 Å². The smallest absolute Gasteiger partial charge is 0.261 e. The molecule has 40 heavy (non-hydrogen) atoms. The van der Waals surface area contributed by atoms with Gasteiger partial charge >= 0.3 is 0 Å². The van der Waals surface area contributed by atoms with Crippen molar-refractivity contribution in [3.05, 3.63) is 58.8 Å². The molecule has 1 aromatic carbocycles. The Bertz CT molecular complexity index is 1560. The van der Waals surface area contributed by atoms with Gasteiger partial charge in [-0.2, -0.15) is 0 Å². The van der Waals surface area contributed by atoms with Gasteiger partial charge in [0.05, 0.1) is 40.9 Å². The molecule has 1 saturated heterocycles. The maximum atomic E-state index is 13.6. The van der Waals surface area contributed by atoms with E-state index in [9.17, 15) is 22.8 Å². The van der Waals surface area contributed by atoms with Crippen molar-refractivity contribution in [2.75, 3.05) is 37.9 Å². The highest BCUT2D eigenvalue weighted by Crippen LogP contribution is 2.31. The molecule has 2 amide bonds. The van der Waals surface area contributed by atoms with Gasteiger partial charge in [-0.25, -0.2) is 18.4 Å². The molecule has 0 spiro atoms. The highest BCUT2D eigenvalue weighted by Gasteiger charge is 2.28. The van der Waals surface area contributed by atoms with Crippen molar-refractivity contribution in [1.29, 1.82) is 0 Å². The second-order valence-electron chi connectivity index (χ2n) is 10.5. The molecule has 0 radical (unpaired) electrons. The van der Waals surface area contributed by atoms with Crippen LogP contribution in [0.15, 0.2) is 52.5 Å². The van der Waals surface area contributed by atoms with Gasteiger partial charge in [-0.05, 0) is 42.7 Å². The zero-order chi connectivity index (χ0) is 28.3. The second kappa shape index (κ2) is 11.8. The molecular formula is C28H33N5O6S. The van der Waals surface area contributed by atoms with E-state index in [2.05, 4.69) is 15.3 Å². The van der Waals surface area contributed by atoms with E-state index in [-0.39, 0.29) is 33.4 Å². The summed E-state index contributed by atoms with van der Waals surface area (Å²) < 4.78 is 30.6. The van der Waals surface area contributed by atoms with Crippen molar-refractivity contribution < 1.29 is 22.7 Å². The summed E-state index contributed by atoms with van der Waals surface area (Å²) >= 11 is 0. The lowest BCUT2D eigenvalue weighted by molar-refractivity contribution is -0.120. The van der Waals surface area contributed by atoms with E-state index in [1.54, 1.807) is 17.0 Å². The fraction of sp³-hybridized carbons (Fsp3) is 0.464. The van der Waals surface area contributed by atoms with Gasteiger partial charge in [-0.1, -0.05) is 32.1 Å². The Labute approximate surface area is 232 Å². The third-order valence-corrected chi connectivity index (χ3v) is 8.77. The second-order valence-corrected chi connectivity index (χ2v) is 12.5. The average Bonchev–Trinajstić information content (AvgIpc) is 2.97. The average molecular weight is 568 g/mol. The van der Waals surface area contributed by atoms with Gasteiger partial charge in [0.1, 0.15) is 11.9 Å². The minimum absolute atomic E-state index is 0.0720. The Morgan fingerprint density at radius 3 is 2.50 bits per heavy atom. The van der Waals surface area contributed by atoms with Crippen LogP contribution < -0.4 is 10.9 Å². The molecule has 3 heterocycles. The van der Waals surface area contributed by atoms with Crippen LogP contribution in [-0.2, 0) is 19.4 Å². The largest absolute Gasteiger partial charge is 0.378 e. The van der Waals surface area contributed by atoms with Crippen molar-refractivity contribution in [1.82, 2.24) is 19.4 Å². The van der Waals surface area contributed by atoms with E-state index in [1.165, 1.54) is 35.3 Å². The van der Waals surface area contributed by atoms with Crippen LogP contribution in [-0.4, -0.2) is 72.2 Å². The van der Waals surface area contributed by atoms with Crippen LogP contribution >= 0.6 is 0 Å². The Hall–Kier alpha value is -3.64. The van der Waals surface area contributed by atoms with Crippen molar-refractivity contribution >= 4 is 38.4 Å². The number of carbonyl (C=O) groups excluding carboxylic acids is 2. The van der Waals surface area contributed by atoms with Crippen LogP contribution in [0.1, 0.15) is 54.9 Å². The van der Waals surface area contributed by atoms with Crippen LogP contribution in [0, 0.1) is 5.92 Å². The van der Waals surface area contributed by atoms with E-state index in [4.69, 9.17) is 4.74 Å². The number of pyridine rings is 1. The Morgan fingerprint density at radius 2 is 1.82 bits per heavy atom. The number of benzene rings is 1. The van der Waals surface area contributed by atoms with E-state index >= 15 is 0 Å². The first-order valence-electron chi connectivity index (χ1n) is 13.6. The van der Waals surface area contributed by atoms with E-state index in [1.807, 2.05) is 0 Å². The first-order valence-corrected chi connectivity index (χ1v) is 15.4. The van der Waals surface area contributed by atoms with Crippen LogP contribution in [0.5, 0.6) is 0 Å². The van der Waals surface area contributed by atoms with E-state index in [0.29, 0.717) is 38.3 Å². The van der Waals surface area contributed by atoms with E-state index in [0.717, 1.165) is 38.4 Å². The summed E-state index contributed by atoms with van der Waals surface area (Å²) in [7, 11) is -3.47.